The molecule has 5 heteroatoms. The highest BCUT2D eigenvalue weighted by Gasteiger charge is 2.27. The molecule has 0 spiro atoms. The van der Waals surface area contributed by atoms with Crippen LogP contribution in [0, 0.1) is 6.92 Å². The van der Waals surface area contributed by atoms with Crippen LogP contribution in [-0.2, 0) is 17.6 Å². The van der Waals surface area contributed by atoms with Crippen LogP contribution in [0.4, 0.5) is 10.5 Å². The number of halogens is 1. The van der Waals surface area contributed by atoms with Crippen LogP contribution in [0.2, 0.25) is 5.02 Å². The minimum absolute atomic E-state index is 0.0383. The van der Waals surface area contributed by atoms with Crippen molar-refractivity contribution < 1.29 is 9.53 Å². The van der Waals surface area contributed by atoms with E-state index in [0.29, 0.717) is 10.7 Å². The van der Waals surface area contributed by atoms with E-state index in [1.807, 2.05) is 33.8 Å². The Labute approximate surface area is 124 Å². The third-order valence-electron chi connectivity index (χ3n) is 3.44. The second kappa shape index (κ2) is 5.17. The van der Waals surface area contributed by atoms with Gasteiger partial charge in [-0.15, -0.1) is 0 Å². The predicted octanol–water partition coefficient (Wildman–Crippen LogP) is 3.22. The molecule has 0 aromatic heterocycles. The Morgan fingerprint density at radius 2 is 2.10 bits per heavy atom. The van der Waals surface area contributed by atoms with Gasteiger partial charge in [0.05, 0.1) is 10.7 Å². The summed E-state index contributed by atoms with van der Waals surface area (Å²) in [6, 6.07) is 1.94. The van der Waals surface area contributed by atoms with Gasteiger partial charge in [0, 0.05) is 6.04 Å². The van der Waals surface area contributed by atoms with Crippen LogP contribution in [-0.4, -0.2) is 17.7 Å². The van der Waals surface area contributed by atoms with E-state index in [-0.39, 0.29) is 12.1 Å². The number of rotatable bonds is 1. The van der Waals surface area contributed by atoms with E-state index in [1.165, 1.54) is 5.56 Å². The van der Waals surface area contributed by atoms with Gasteiger partial charge in [0.2, 0.25) is 0 Å². The Kier molecular flexibility index (Phi) is 3.87. The van der Waals surface area contributed by atoms with Crippen molar-refractivity contribution in [3.05, 3.63) is 27.8 Å². The first-order valence-corrected chi connectivity index (χ1v) is 7.11. The molecule has 1 aliphatic rings. The van der Waals surface area contributed by atoms with Gasteiger partial charge in [-0.1, -0.05) is 11.6 Å². The largest absolute Gasteiger partial charge is 0.444 e. The van der Waals surface area contributed by atoms with Crippen molar-refractivity contribution in [2.45, 2.75) is 52.2 Å². The summed E-state index contributed by atoms with van der Waals surface area (Å²) in [7, 11) is 0. The number of nitrogens with one attached hydrogen (secondary N) is 1. The van der Waals surface area contributed by atoms with Crippen LogP contribution in [0.5, 0.6) is 0 Å². The molecule has 0 fully saturated rings. The molecule has 0 aliphatic heterocycles. The molecule has 2 rings (SSSR count). The Balaban J connectivity index is 2.07. The number of nitrogen functional groups attached to an aromatic ring is 1. The van der Waals surface area contributed by atoms with Crippen molar-refractivity contribution in [2.24, 2.45) is 0 Å². The Morgan fingerprint density at radius 1 is 1.45 bits per heavy atom. The molecule has 4 nitrogen and oxygen atoms in total. The van der Waals surface area contributed by atoms with Gasteiger partial charge in [-0.25, -0.2) is 4.79 Å². The maximum absolute atomic E-state index is 11.8. The van der Waals surface area contributed by atoms with Crippen LogP contribution >= 0.6 is 11.6 Å². The summed E-state index contributed by atoms with van der Waals surface area (Å²) < 4.78 is 5.28. The summed E-state index contributed by atoms with van der Waals surface area (Å²) in [5.74, 6) is 0. The molecule has 0 heterocycles. The van der Waals surface area contributed by atoms with E-state index < -0.39 is 5.60 Å². The van der Waals surface area contributed by atoms with Crippen LogP contribution in [0.3, 0.4) is 0 Å². The standard InChI is InChI=1S/C15H21ClN2O2/c1-8-11-7-10(18-14(19)20-15(2,3)4)5-9(11)6-12(16)13(8)17/h6,10H,5,7,17H2,1-4H3,(H,18,19). The summed E-state index contributed by atoms with van der Waals surface area (Å²) in [4.78, 5) is 11.8. The zero-order valence-electron chi connectivity index (χ0n) is 12.3. The average Bonchev–Trinajstić information content (AvgIpc) is 2.66. The fourth-order valence-corrected chi connectivity index (χ4v) is 2.80. The van der Waals surface area contributed by atoms with E-state index in [9.17, 15) is 4.79 Å². The van der Waals surface area contributed by atoms with E-state index >= 15 is 0 Å². The number of hydrogen-bond acceptors (Lipinski definition) is 3. The molecule has 1 atom stereocenters. The zero-order valence-corrected chi connectivity index (χ0v) is 13.1. The van der Waals surface area contributed by atoms with Crippen LogP contribution in [0.1, 0.15) is 37.5 Å². The van der Waals surface area contributed by atoms with Gasteiger partial charge in [-0.05, 0) is 63.3 Å². The predicted molar refractivity (Wildman–Crippen MR) is 81.2 cm³/mol. The fraction of sp³-hybridized carbons (Fsp3) is 0.533. The van der Waals surface area contributed by atoms with Crippen molar-refractivity contribution in [1.82, 2.24) is 5.32 Å². The first-order valence-electron chi connectivity index (χ1n) is 6.73. The fourth-order valence-electron chi connectivity index (χ4n) is 2.53. The van der Waals surface area contributed by atoms with Crippen molar-refractivity contribution in [3.8, 4) is 0 Å². The van der Waals surface area contributed by atoms with Gasteiger partial charge in [0.25, 0.3) is 0 Å². The van der Waals surface area contributed by atoms with Crippen LogP contribution < -0.4 is 11.1 Å². The number of hydrogen-bond donors (Lipinski definition) is 2. The third-order valence-corrected chi connectivity index (χ3v) is 3.75. The number of carbonyl (C=O) groups excluding carboxylic acids is 1. The Hall–Kier alpha value is -1.42. The molecule has 110 valence electrons. The molecule has 0 radical (unpaired) electrons. The smallest absolute Gasteiger partial charge is 0.407 e. The lowest BCUT2D eigenvalue weighted by Gasteiger charge is -2.21. The number of fused-ring (bicyclic) bond motifs is 1. The molecule has 0 saturated heterocycles. The molecular formula is C15H21ClN2O2. The summed E-state index contributed by atoms with van der Waals surface area (Å²) >= 11 is 6.10. The van der Waals surface area contributed by atoms with Gasteiger partial charge in [0.15, 0.2) is 0 Å². The topological polar surface area (TPSA) is 64.3 Å². The highest BCUT2D eigenvalue weighted by Crippen LogP contribution is 2.34. The summed E-state index contributed by atoms with van der Waals surface area (Å²) in [5, 5.41) is 3.49. The summed E-state index contributed by atoms with van der Waals surface area (Å²) in [6.45, 7) is 7.51. The van der Waals surface area contributed by atoms with Gasteiger partial charge in [-0.2, -0.15) is 0 Å². The number of carbonyl (C=O) groups is 1. The molecule has 1 aromatic rings. The molecule has 0 saturated carbocycles. The lowest BCUT2D eigenvalue weighted by atomic mass is 10.0. The maximum Gasteiger partial charge on any atom is 0.407 e. The van der Waals surface area contributed by atoms with Gasteiger partial charge in [-0.3, -0.25) is 0 Å². The quantitative estimate of drug-likeness (QED) is 0.782. The second-order valence-corrected chi connectivity index (χ2v) is 6.69. The van der Waals surface area contributed by atoms with Crippen LogP contribution in [0.25, 0.3) is 0 Å². The van der Waals surface area contributed by atoms with E-state index in [0.717, 1.165) is 24.0 Å². The number of nitrogens with two attached hydrogens (primary N) is 1. The molecule has 1 amide bonds. The van der Waals surface area contributed by atoms with Gasteiger partial charge in [0.1, 0.15) is 5.60 Å². The van der Waals surface area contributed by atoms with Crippen molar-refractivity contribution in [1.29, 1.82) is 0 Å². The minimum atomic E-state index is -0.487. The Morgan fingerprint density at radius 3 is 2.70 bits per heavy atom. The summed E-state index contributed by atoms with van der Waals surface area (Å²) in [6.07, 6.45) is 1.14. The first kappa shape index (κ1) is 15.0. The Bertz CT molecular complexity index is 550. The SMILES string of the molecule is Cc1c(N)c(Cl)cc2c1CC(NC(=O)OC(C)(C)C)C2. The lowest BCUT2D eigenvalue weighted by Crippen LogP contribution is -2.39. The molecule has 1 unspecified atom stereocenters. The van der Waals surface area contributed by atoms with Crippen molar-refractivity contribution >= 4 is 23.4 Å². The van der Waals surface area contributed by atoms with E-state index in [4.69, 9.17) is 22.1 Å². The number of anilines is 1. The number of alkyl carbamates (subject to hydrolysis) is 1. The van der Waals surface area contributed by atoms with E-state index in [1.54, 1.807) is 0 Å². The molecule has 20 heavy (non-hydrogen) atoms. The van der Waals surface area contributed by atoms with Crippen molar-refractivity contribution in [2.75, 3.05) is 5.73 Å². The summed E-state index contributed by atoms with van der Waals surface area (Å²) in [5.41, 5.74) is 9.44. The van der Waals surface area contributed by atoms with E-state index in [2.05, 4.69) is 5.32 Å². The third kappa shape index (κ3) is 3.18. The van der Waals surface area contributed by atoms with Crippen molar-refractivity contribution in [3.63, 3.8) is 0 Å². The normalized spacial score (nSPS) is 17.8. The number of amides is 1. The molecule has 1 aliphatic carbocycles. The molecule has 1 aromatic carbocycles. The lowest BCUT2D eigenvalue weighted by molar-refractivity contribution is 0.0506. The minimum Gasteiger partial charge on any atom is -0.444 e. The second-order valence-electron chi connectivity index (χ2n) is 6.29. The van der Waals surface area contributed by atoms with Gasteiger partial charge < -0.3 is 15.8 Å². The highest BCUT2D eigenvalue weighted by molar-refractivity contribution is 6.33. The first-order chi connectivity index (χ1) is 9.17. The molecule has 0 bridgehead atoms. The zero-order chi connectivity index (χ0) is 15.1. The van der Waals surface area contributed by atoms with Gasteiger partial charge >= 0.3 is 6.09 Å². The maximum atomic E-state index is 11.8. The monoisotopic (exact) mass is 296 g/mol. The molecular weight excluding hydrogens is 276 g/mol. The number of benzene rings is 1. The number of ether oxygens (including phenoxy) is 1. The highest BCUT2D eigenvalue weighted by atomic mass is 35.5. The molecule has 3 N–H and O–H groups in total. The van der Waals surface area contributed by atoms with Crippen LogP contribution in [0.15, 0.2) is 6.07 Å². The average molecular weight is 297 g/mol.